The zero-order valence-electron chi connectivity index (χ0n) is 12.5. The van der Waals surface area contributed by atoms with E-state index < -0.39 is 0 Å². The average Bonchev–Trinajstić information content (AvgIpc) is 2.54. The van der Waals surface area contributed by atoms with Gasteiger partial charge in [0.15, 0.2) is 5.11 Å². The molecule has 114 valence electrons. The third kappa shape index (κ3) is 4.20. The molecule has 0 heterocycles. The molecule has 0 unspecified atom stereocenters. The minimum absolute atomic E-state index is 0.388. The monoisotopic (exact) mass is 314 g/mol. The van der Waals surface area contributed by atoms with Crippen LogP contribution in [0.3, 0.4) is 0 Å². The molecule has 0 aromatic heterocycles. The fraction of sp³-hybridized carbons (Fsp3) is 0.125. The summed E-state index contributed by atoms with van der Waals surface area (Å²) >= 11 is 5.23. The second-order valence-corrected chi connectivity index (χ2v) is 4.99. The van der Waals surface area contributed by atoms with Crippen LogP contribution in [0.4, 0.5) is 11.4 Å². The van der Waals surface area contributed by atoms with Gasteiger partial charge in [-0.1, -0.05) is 24.3 Å². The molecule has 0 aliphatic heterocycles. The van der Waals surface area contributed by atoms with E-state index in [9.17, 15) is 0 Å². The Bertz CT molecular complexity index is 683. The normalized spacial score (nSPS) is 10.9. The molecule has 4 N–H and O–H groups in total. The van der Waals surface area contributed by atoms with Gasteiger partial charge in [-0.3, -0.25) is 5.43 Å². The Balaban J connectivity index is 2.00. The van der Waals surface area contributed by atoms with Gasteiger partial charge in [0, 0.05) is 5.69 Å². The summed E-state index contributed by atoms with van der Waals surface area (Å²) < 4.78 is 5.25. The molecule has 0 fully saturated rings. The number of nitrogens with two attached hydrogens (primary N) is 1. The van der Waals surface area contributed by atoms with Crippen LogP contribution in [0.5, 0.6) is 5.75 Å². The maximum absolute atomic E-state index is 5.66. The van der Waals surface area contributed by atoms with Crippen LogP contribution in [0.25, 0.3) is 0 Å². The van der Waals surface area contributed by atoms with Gasteiger partial charge in [0.25, 0.3) is 0 Å². The molecule has 0 saturated heterocycles. The van der Waals surface area contributed by atoms with Crippen molar-refractivity contribution >= 4 is 34.4 Å². The highest BCUT2D eigenvalue weighted by molar-refractivity contribution is 7.80. The Morgan fingerprint density at radius 2 is 1.82 bits per heavy atom. The molecule has 0 spiro atoms. The summed E-state index contributed by atoms with van der Waals surface area (Å²) in [5.74, 6) is 0.714. The first kappa shape index (κ1) is 15.8. The lowest BCUT2D eigenvalue weighted by molar-refractivity contribution is 0.417. The molecular formula is C16H18N4OS. The van der Waals surface area contributed by atoms with E-state index in [1.54, 1.807) is 7.11 Å². The number of hydrogen-bond donors (Lipinski definition) is 3. The Hall–Kier alpha value is -2.60. The second-order valence-electron chi connectivity index (χ2n) is 4.59. The smallest absolute Gasteiger partial charge is 0.191 e. The topological polar surface area (TPSA) is 71.7 Å². The number of benzene rings is 2. The van der Waals surface area contributed by atoms with Crippen LogP contribution in [0.2, 0.25) is 0 Å². The van der Waals surface area contributed by atoms with Crippen LogP contribution in [-0.4, -0.2) is 17.9 Å². The van der Waals surface area contributed by atoms with E-state index in [-0.39, 0.29) is 0 Å². The zero-order chi connectivity index (χ0) is 15.9. The standard InChI is InChI=1S/C16H18N4OS/c1-11(12-7-9-13(17)10-8-12)19-20-16(22)18-14-5-3-4-6-15(14)21-2/h3-10H,17H2,1-2H3,(H2,18,20,22)/b19-11-. The van der Waals surface area contributed by atoms with E-state index >= 15 is 0 Å². The van der Waals surface area contributed by atoms with Gasteiger partial charge in [-0.25, -0.2) is 0 Å². The summed E-state index contributed by atoms with van der Waals surface area (Å²) in [6, 6.07) is 15.0. The third-order valence-corrected chi connectivity index (χ3v) is 3.20. The lowest BCUT2D eigenvalue weighted by atomic mass is 10.1. The lowest BCUT2D eigenvalue weighted by Gasteiger charge is -2.11. The molecule has 0 bridgehead atoms. The van der Waals surface area contributed by atoms with Gasteiger partial charge < -0.3 is 15.8 Å². The molecule has 2 rings (SSSR count). The first-order valence-corrected chi connectivity index (χ1v) is 7.11. The van der Waals surface area contributed by atoms with Crippen LogP contribution in [0.15, 0.2) is 53.6 Å². The molecule has 2 aromatic carbocycles. The summed E-state index contributed by atoms with van der Waals surface area (Å²) in [6.07, 6.45) is 0. The van der Waals surface area contributed by atoms with Gasteiger partial charge in [-0.2, -0.15) is 5.10 Å². The third-order valence-electron chi connectivity index (χ3n) is 3.01. The molecule has 0 aliphatic rings. The number of nitrogens with zero attached hydrogens (tertiary/aromatic N) is 1. The van der Waals surface area contributed by atoms with Crippen molar-refractivity contribution < 1.29 is 4.74 Å². The molecule has 22 heavy (non-hydrogen) atoms. The Morgan fingerprint density at radius 3 is 2.50 bits per heavy atom. The number of nitrogen functional groups attached to an aromatic ring is 1. The lowest BCUT2D eigenvalue weighted by Crippen LogP contribution is -2.25. The fourth-order valence-corrected chi connectivity index (χ4v) is 1.98. The van der Waals surface area contributed by atoms with Gasteiger partial charge in [-0.05, 0) is 49.0 Å². The van der Waals surface area contributed by atoms with E-state index in [1.165, 1.54) is 0 Å². The van der Waals surface area contributed by atoms with Crippen molar-refractivity contribution in [1.82, 2.24) is 5.43 Å². The Morgan fingerprint density at radius 1 is 1.14 bits per heavy atom. The minimum Gasteiger partial charge on any atom is -0.495 e. The van der Waals surface area contributed by atoms with Crippen LogP contribution >= 0.6 is 12.2 Å². The van der Waals surface area contributed by atoms with Crippen molar-refractivity contribution in [3.8, 4) is 5.75 Å². The molecule has 0 amide bonds. The van der Waals surface area contributed by atoms with Gasteiger partial charge >= 0.3 is 0 Å². The van der Waals surface area contributed by atoms with Crippen molar-refractivity contribution in [3.05, 3.63) is 54.1 Å². The molecule has 0 radical (unpaired) electrons. The number of ether oxygens (including phenoxy) is 1. The van der Waals surface area contributed by atoms with Gasteiger partial charge in [0.05, 0.1) is 18.5 Å². The van der Waals surface area contributed by atoms with Gasteiger partial charge in [0.2, 0.25) is 0 Å². The highest BCUT2D eigenvalue weighted by atomic mass is 32.1. The predicted molar refractivity (Wildman–Crippen MR) is 95.4 cm³/mol. The van der Waals surface area contributed by atoms with Crippen molar-refractivity contribution in [2.45, 2.75) is 6.92 Å². The van der Waals surface area contributed by atoms with Crippen molar-refractivity contribution in [2.24, 2.45) is 5.10 Å². The quantitative estimate of drug-likeness (QED) is 0.350. The highest BCUT2D eigenvalue weighted by Crippen LogP contribution is 2.22. The first-order valence-electron chi connectivity index (χ1n) is 6.70. The van der Waals surface area contributed by atoms with Crippen LogP contribution in [-0.2, 0) is 0 Å². The molecule has 0 atom stereocenters. The number of thiocarbonyl (C=S) groups is 1. The van der Waals surface area contributed by atoms with Crippen molar-refractivity contribution in [1.29, 1.82) is 0 Å². The van der Waals surface area contributed by atoms with E-state index in [2.05, 4.69) is 15.8 Å². The number of hydrogen-bond acceptors (Lipinski definition) is 4. The zero-order valence-corrected chi connectivity index (χ0v) is 13.3. The number of methoxy groups -OCH3 is 1. The number of nitrogens with one attached hydrogen (secondary N) is 2. The molecular weight excluding hydrogens is 296 g/mol. The molecule has 6 heteroatoms. The molecule has 0 aliphatic carbocycles. The molecule has 0 saturated carbocycles. The largest absolute Gasteiger partial charge is 0.495 e. The maximum atomic E-state index is 5.66. The van der Waals surface area contributed by atoms with Crippen LogP contribution in [0.1, 0.15) is 12.5 Å². The fourth-order valence-electron chi connectivity index (χ4n) is 1.82. The summed E-state index contributed by atoms with van der Waals surface area (Å²) in [5.41, 5.74) is 11.8. The Labute approximate surface area is 135 Å². The van der Waals surface area contributed by atoms with E-state index in [1.807, 2.05) is 55.5 Å². The average molecular weight is 314 g/mol. The highest BCUT2D eigenvalue weighted by Gasteiger charge is 2.03. The predicted octanol–water partition coefficient (Wildman–Crippen LogP) is 2.99. The van der Waals surface area contributed by atoms with Crippen molar-refractivity contribution in [3.63, 3.8) is 0 Å². The molecule has 5 nitrogen and oxygen atoms in total. The summed E-state index contributed by atoms with van der Waals surface area (Å²) in [7, 11) is 1.61. The minimum atomic E-state index is 0.388. The first-order chi connectivity index (χ1) is 10.6. The van der Waals surface area contributed by atoms with E-state index in [0.29, 0.717) is 10.9 Å². The van der Waals surface area contributed by atoms with E-state index in [0.717, 1.165) is 22.6 Å². The van der Waals surface area contributed by atoms with Crippen molar-refractivity contribution in [2.75, 3.05) is 18.2 Å². The summed E-state index contributed by atoms with van der Waals surface area (Å²) in [5, 5.41) is 7.69. The maximum Gasteiger partial charge on any atom is 0.191 e. The number of rotatable bonds is 4. The van der Waals surface area contributed by atoms with Crippen LogP contribution in [0, 0.1) is 0 Å². The summed E-state index contributed by atoms with van der Waals surface area (Å²) in [4.78, 5) is 0. The summed E-state index contributed by atoms with van der Waals surface area (Å²) in [6.45, 7) is 1.89. The Kier molecular flexibility index (Phi) is 5.32. The van der Waals surface area contributed by atoms with Gasteiger partial charge in [0.1, 0.15) is 5.75 Å². The molecule has 2 aromatic rings. The number of para-hydroxylation sites is 2. The van der Waals surface area contributed by atoms with E-state index in [4.69, 9.17) is 22.7 Å². The SMILES string of the molecule is COc1ccccc1NC(=S)N/N=C(/C)c1ccc(N)cc1. The number of anilines is 2. The van der Waals surface area contributed by atoms with Gasteiger partial charge in [-0.15, -0.1) is 0 Å². The van der Waals surface area contributed by atoms with Crippen LogP contribution < -0.4 is 21.2 Å². The number of hydrazone groups is 1. The second kappa shape index (κ2) is 7.42.